The van der Waals surface area contributed by atoms with Gasteiger partial charge >= 0.3 is 0 Å². The number of likely N-dealkylation sites (tertiary alicyclic amines) is 1. The number of carbonyl (C=O) groups excluding carboxylic acids is 2. The van der Waals surface area contributed by atoms with Crippen molar-refractivity contribution in [1.29, 1.82) is 0 Å². The van der Waals surface area contributed by atoms with Crippen LogP contribution in [0.1, 0.15) is 86.4 Å². The van der Waals surface area contributed by atoms with Crippen molar-refractivity contribution < 1.29 is 9.59 Å². The Bertz CT molecular complexity index is 679. The fourth-order valence-electron chi connectivity index (χ4n) is 4.45. The Morgan fingerprint density at radius 1 is 0.897 bits per heavy atom. The number of nitrogens with zero attached hydrogens (tertiary/aromatic N) is 1. The van der Waals surface area contributed by atoms with Gasteiger partial charge < -0.3 is 15.5 Å². The monoisotopic (exact) mass is 399 g/mol. The molecule has 1 saturated carbocycles. The molecule has 0 atom stereocenters. The summed E-state index contributed by atoms with van der Waals surface area (Å²) >= 11 is 0. The highest BCUT2D eigenvalue weighted by atomic mass is 16.2. The van der Waals surface area contributed by atoms with Crippen molar-refractivity contribution in [3.63, 3.8) is 0 Å². The molecule has 2 amide bonds. The molecule has 1 aromatic rings. The summed E-state index contributed by atoms with van der Waals surface area (Å²) in [7, 11) is 0. The number of hydrogen-bond donors (Lipinski definition) is 2. The molecular formula is C24H37N3O2. The number of piperidine rings is 1. The minimum atomic E-state index is -0.279. The summed E-state index contributed by atoms with van der Waals surface area (Å²) < 4.78 is 0. The Balaban J connectivity index is 1.44. The molecule has 5 heteroatoms. The van der Waals surface area contributed by atoms with Gasteiger partial charge in [-0.3, -0.25) is 9.59 Å². The Hall–Kier alpha value is -1.88. The van der Waals surface area contributed by atoms with E-state index >= 15 is 0 Å². The Morgan fingerprint density at radius 2 is 1.45 bits per heavy atom. The third-order valence-electron chi connectivity index (χ3n) is 6.06. The van der Waals surface area contributed by atoms with Gasteiger partial charge in [-0.25, -0.2) is 0 Å². The van der Waals surface area contributed by atoms with Crippen LogP contribution >= 0.6 is 0 Å². The summed E-state index contributed by atoms with van der Waals surface area (Å²) in [5.41, 5.74) is 0.911. The lowest BCUT2D eigenvalue weighted by atomic mass is 9.88. The number of rotatable bonds is 5. The van der Waals surface area contributed by atoms with Crippen molar-refractivity contribution in [1.82, 2.24) is 15.5 Å². The molecule has 0 bridgehead atoms. The first-order chi connectivity index (χ1) is 13.8. The molecule has 1 aliphatic carbocycles. The standard InChI is InChI=1S/C24H37N3O2/c1-24(2,3)26-23(29)20-11-9-19(10-12-20)22(28)25-21-13-15-27(16-14-21)17-18-7-5-4-6-8-18/h9-12,18,21H,4-8,13-17H2,1-3H3,(H,25,28)(H,26,29). The molecule has 5 nitrogen and oxygen atoms in total. The summed E-state index contributed by atoms with van der Waals surface area (Å²) in [6.45, 7) is 9.24. The van der Waals surface area contributed by atoms with E-state index in [9.17, 15) is 9.59 Å². The summed E-state index contributed by atoms with van der Waals surface area (Å²) in [5, 5.41) is 6.12. The van der Waals surface area contributed by atoms with Crippen LogP contribution in [0.5, 0.6) is 0 Å². The predicted octanol–water partition coefficient (Wildman–Crippen LogP) is 3.99. The predicted molar refractivity (Wildman–Crippen MR) is 117 cm³/mol. The van der Waals surface area contributed by atoms with E-state index in [1.165, 1.54) is 38.6 Å². The van der Waals surface area contributed by atoms with E-state index in [1.54, 1.807) is 24.3 Å². The van der Waals surface area contributed by atoms with Crippen LogP contribution in [0.4, 0.5) is 0 Å². The molecule has 0 aromatic heterocycles. The third kappa shape index (κ3) is 6.84. The first kappa shape index (κ1) is 21.8. The largest absolute Gasteiger partial charge is 0.349 e. The van der Waals surface area contributed by atoms with Crippen LogP contribution in [-0.4, -0.2) is 47.9 Å². The molecule has 1 aromatic carbocycles. The molecule has 1 aliphatic heterocycles. The van der Waals surface area contributed by atoms with E-state index in [1.807, 2.05) is 20.8 Å². The zero-order valence-electron chi connectivity index (χ0n) is 18.3. The molecule has 0 radical (unpaired) electrons. The Morgan fingerprint density at radius 3 is 2.00 bits per heavy atom. The van der Waals surface area contributed by atoms with E-state index in [-0.39, 0.29) is 23.4 Å². The highest BCUT2D eigenvalue weighted by molar-refractivity contribution is 5.98. The third-order valence-corrected chi connectivity index (χ3v) is 6.06. The maximum Gasteiger partial charge on any atom is 0.251 e. The van der Waals surface area contributed by atoms with Crippen molar-refractivity contribution in [3.8, 4) is 0 Å². The number of nitrogens with one attached hydrogen (secondary N) is 2. The highest BCUT2D eigenvalue weighted by Gasteiger charge is 2.24. The lowest BCUT2D eigenvalue weighted by Crippen LogP contribution is -2.46. The van der Waals surface area contributed by atoms with E-state index in [0.29, 0.717) is 11.1 Å². The van der Waals surface area contributed by atoms with Crippen molar-refractivity contribution in [2.24, 2.45) is 5.92 Å². The maximum atomic E-state index is 12.6. The number of carbonyl (C=O) groups is 2. The van der Waals surface area contributed by atoms with Crippen LogP contribution in [0.3, 0.4) is 0 Å². The van der Waals surface area contributed by atoms with Gasteiger partial charge in [-0.05, 0) is 76.6 Å². The van der Waals surface area contributed by atoms with Crippen molar-refractivity contribution in [2.45, 2.75) is 77.3 Å². The van der Waals surface area contributed by atoms with E-state index in [0.717, 1.165) is 31.8 Å². The second kappa shape index (κ2) is 9.75. The average Bonchev–Trinajstić information content (AvgIpc) is 2.69. The quantitative estimate of drug-likeness (QED) is 0.787. The zero-order valence-corrected chi connectivity index (χ0v) is 18.3. The van der Waals surface area contributed by atoms with Crippen LogP contribution in [0.15, 0.2) is 24.3 Å². The summed E-state index contributed by atoms with van der Waals surface area (Å²) in [6.07, 6.45) is 9.02. The minimum Gasteiger partial charge on any atom is -0.349 e. The Labute approximate surface area is 175 Å². The zero-order chi connectivity index (χ0) is 20.9. The van der Waals surface area contributed by atoms with E-state index in [4.69, 9.17) is 0 Å². The second-order valence-corrected chi connectivity index (χ2v) is 9.83. The number of benzene rings is 1. The molecule has 3 rings (SSSR count). The number of hydrogen-bond acceptors (Lipinski definition) is 3. The lowest BCUT2D eigenvalue weighted by molar-refractivity contribution is 0.0895. The molecule has 1 heterocycles. The second-order valence-electron chi connectivity index (χ2n) is 9.83. The minimum absolute atomic E-state index is 0.0430. The smallest absolute Gasteiger partial charge is 0.251 e. The fraction of sp³-hybridized carbons (Fsp3) is 0.667. The van der Waals surface area contributed by atoms with Crippen LogP contribution in [0.2, 0.25) is 0 Å². The van der Waals surface area contributed by atoms with Crippen LogP contribution in [0, 0.1) is 5.92 Å². The van der Waals surface area contributed by atoms with Gasteiger partial charge in [-0.2, -0.15) is 0 Å². The molecule has 2 aliphatic rings. The van der Waals surface area contributed by atoms with Gasteiger partial charge in [0.05, 0.1) is 0 Å². The summed E-state index contributed by atoms with van der Waals surface area (Å²) in [6, 6.07) is 7.18. The first-order valence-electron chi connectivity index (χ1n) is 11.3. The normalized spacial score (nSPS) is 19.7. The SMILES string of the molecule is CC(C)(C)NC(=O)c1ccc(C(=O)NC2CCN(CC3CCCCC3)CC2)cc1. The van der Waals surface area contributed by atoms with Crippen LogP contribution in [-0.2, 0) is 0 Å². The van der Waals surface area contributed by atoms with Gasteiger partial charge in [0.15, 0.2) is 0 Å². The van der Waals surface area contributed by atoms with Gasteiger partial charge in [-0.1, -0.05) is 19.3 Å². The molecular weight excluding hydrogens is 362 g/mol. The highest BCUT2D eigenvalue weighted by Crippen LogP contribution is 2.25. The lowest BCUT2D eigenvalue weighted by Gasteiger charge is -2.35. The van der Waals surface area contributed by atoms with Gasteiger partial charge in [0.2, 0.25) is 0 Å². The van der Waals surface area contributed by atoms with Crippen LogP contribution < -0.4 is 10.6 Å². The van der Waals surface area contributed by atoms with Gasteiger partial charge in [-0.15, -0.1) is 0 Å². The summed E-state index contributed by atoms with van der Waals surface area (Å²) in [4.78, 5) is 27.4. The van der Waals surface area contributed by atoms with Gasteiger partial charge in [0, 0.05) is 42.3 Å². The molecule has 2 N–H and O–H groups in total. The average molecular weight is 400 g/mol. The fourth-order valence-corrected chi connectivity index (χ4v) is 4.45. The van der Waals surface area contributed by atoms with Crippen molar-refractivity contribution >= 4 is 11.8 Å². The Kier molecular flexibility index (Phi) is 7.33. The molecule has 2 fully saturated rings. The van der Waals surface area contributed by atoms with E-state index < -0.39 is 0 Å². The molecule has 0 spiro atoms. The van der Waals surface area contributed by atoms with E-state index in [2.05, 4.69) is 15.5 Å². The maximum absolute atomic E-state index is 12.6. The topological polar surface area (TPSA) is 61.4 Å². The first-order valence-corrected chi connectivity index (χ1v) is 11.3. The molecule has 0 unspecified atom stereocenters. The van der Waals surface area contributed by atoms with Crippen molar-refractivity contribution in [3.05, 3.63) is 35.4 Å². The summed E-state index contributed by atoms with van der Waals surface area (Å²) in [5.74, 6) is 0.720. The van der Waals surface area contributed by atoms with Gasteiger partial charge in [0.1, 0.15) is 0 Å². The number of amides is 2. The van der Waals surface area contributed by atoms with Crippen LogP contribution in [0.25, 0.3) is 0 Å². The van der Waals surface area contributed by atoms with Gasteiger partial charge in [0.25, 0.3) is 11.8 Å². The molecule has 160 valence electrons. The molecule has 1 saturated heterocycles. The molecule has 29 heavy (non-hydrogen) atoms. The van der Waals surface area contributed by atoms with Crippen molar-refractivity contribution in [2.75, 3.05) is 19.6 Å².